The molecule has 29 heavy (non-hydrogen) atoms. The number of rotatable bonds is 4. The summed E-state index contributed by atoms with van der Waals surface area (Å²) in [5.74, 6) is 0. The maximum Gasteiger partial charge on any atom is 0.103 e. The SMILES string of the molecule is CC1(N2CCN(c3cc4c(cnn4-c4cnn(C5CC5)c4)cc3Cl)CC2)COC1. The molecule has 0 N–H and O–H groups in total. The minimum Gasteiger partial charge on any atom is -0.377 e. The molecular weight excluding hydrogens is 388 g/mol. The van der Waals surface area contributed by atoms with Gasteiger partial charge in [-0.25, -0.2) is 4.68 Å². The molecular formula is C21H25ClN6O. The summed E-state index contributed by atoms with van der Waals surface area (Å²) in [6.45, 7) is 7.97. The zero-order valence-corrected chi connectivity index (χ0v) is 17.3. The van der Waals surface area contributed by atoms with Crippen molar-refractivity contribution in [2.24, 2.45) is 0 Å². The third-order valence-electron chi connectivity index (χ3n) is 6.60. The third-order valence-corrected chi connectivity index (χ3v) is 6.90. The minimum absolute atomic E-state index is 0.209. The number of anilines is 1. The second-order valence-corrected chi connectivity index (χ2v) is 9.20. The Morgan fingerprint density at radius 2 is 1.86 bits per heavy atom. The Balaban J connectivity index is 1.29. The number of halogens is 1. The summed E-state index contributed by atoms with van der Waals surface area (Å²) in [5, 5.41) is 11.0. The lowest BCUT2D eigenvalue weighted by molar-refractivity contribution is -0.131. The smallest absolute Gasteiger partial charge is 0.103 e. The number of hydrogen-bond acceptors (Lipinski definition) is 5. The number of piperazine rings is 1. The monoisotopic (exact) mass is 412 g/mol. The molecule has 3 aromatic rings. The molecule has 4 heterocycles. The van der Waals surface area contributed by atoms with Gasteiger partial charge in [0.15, 0.2) is 0 Å². The van der Waals surface area contributed by atoms with E-state index in [-0.39, 0.29) is 5.54 Å². The first-order chi connectivity index (χ1) is 14.1. The fourth-order valence-corrected chi connectivity index (χ4v) is 4.82. The lowest BCUT2D eigenvalue weighted by Crippen LogP contribution is -2.64. The molecule has 8 heteroatoms. The van der Waals surface area contributed by atoms with Gasteiger partial charge in [0.05, 0.1) is 59.6 Å². The van der Waals surface area contributed by atoms with Gasteiger partial charge in [-0.3, -0.25) is 9.58 Å². The van der Waals surface area contributed by atoms with Crippen LogP contribution in [0.15, 0.2) is 30.7 Å². The molecule has 0 bridgehead atoms. The van der Waals surface area contributed by atoms with Crippen molar-refractivity contribution in [2.75, 3.05) is 44.3 Å². The van der Waals surface area contributed by atoms with E-state index in [1.165, 1.54) is 12.8 Å². The number of fused-ring (bicyclic) bond motifs is 1. The summed E-state index contributed by atoms with van der Waals surface area (Å²) < 4.78 is 9.48. The van der Waals surface area contributed by atoms with Crippen LogP contribution in [0.5, 0.6) is 0 Å². The van der Waals surface area contributed by atoms with Crippen LogP contribution < -0.4 is 4.90 Å². The number of aromatic nitrogens is 4. The van der Waals surface area contributed by atoms with Crippen molar-refractivity contribution < 1.29 is 4.74 Å². The fourth-order valence-electron chi connectivity index (χ4n) is 4.53. The van der Waals surface area contributed by atoms with Gasteiger partial charge < -0.3 is 9.64 Å². The van der Waals surface area contributed by atoms with Gasteiger partial charge >= 0.3 is 0 Å². The average molecular weight is 413 g/mol. The van der Waals surface area contributed by atoms with Crippen molar-refractivity contribution in [2.45, 2.75) is 31.3 Å². The highest BCUT2D eigenvalue weighted by Gasteiger charge is 2.40. The molecule has 7 nitrogen and oxygen atoms in total. The maximum absolute atomic E-state index is 6.68. The Kier molecular flexibility index (Phi) is 3.95. The van der Waals surface area contributed by atoms with Crippen LogP contribution in [0.1, 0.15) is 25.8 Å². The first-order valence-corrected chi connectivity index (χ1v) is 10.8. The van der Waals surface area contributed by atoms with Gasteiger partial charge in [0.1, 0.15) is 5.69 Å². The Morgan fingerprint density at radius 1 is 1.07 bits per heavy atom. The number of nitrogens with zero attached hydrogens (tertiary/aromatic N) is 6. The maximum atomic E-state index is 6.68. The average Bonchev–Trinajstić information content (AvgIpc) is 3.30. The van der Waals surface area contributed by atoms with Gasteiger partial charge in [-0.1, -0.05) is 11.6 Å². The molecule has 0 amide bonds. The molecule has 3 aliphatic rings. The van der Waals surface area contributed by atoms with Gasteiger partial charge in [-0.05, 0) is 31.9 Å². The molecule has 0 atom stereocenters. The van der Waals surface area contributed by atoms with Crippen molar-refractivity contribution in [3.63, 3.8) is 0 Å². The molecule has 1 aliphatic carbocycles. The highest BCUT2D eigenvalue weighted by Crippen LogP contribution is 2.36. The lowest BCUT2D eigenvalue weighted by Gasteiger charge is -2.50. The molecule has 0 radical (unpaired) electrons. The van der Waals surface area contributed by atoms with Crippen LogP contribution in [0, 0.1) is 0 Å². The van der Waals surface area contributed by atoms with E-state index in [0.717, 1.165) is 66.7 Å². The van der Waals surface area contributed by atoms with Gasteiger partial charge in [0.25, 0.3) is 0 Å². The molecule has 2 aromatic heterocycles. The molecule has 6 rings (SSSR count). The summed E-state index contributed by atoms with van der Waals surface area (Å²) in [6, 6.07) is 4.78. The summed E-state index contributed by atoms with van der Waals surface area (Å²) >= 11 is 6.68. The van der Waals surface area contributed by atoms with Crippen LogP contribution >= 0.6 is 11.6 Å². The van der Waals surface area contributed by atoms with Crippen LogP contribution in [0.2, 0.25) is 5.02 Å². The molecule has 3 fully saturated rings. The van der Waals surface area contributed by atoms with Crippen LogP contribution in [0.3, 0.4) is 0 Å². The van der Waals surface area contributed by atoms with Crippen molar-refractivity contribution >= 4 is 28.2 Å². The van der Waals surface area contributed by atoms with Crippen LogP contribution in [-0.4, -0.2) is 69.4 Å². The standard InChI is InChI=1S/C21H25ClN6O/c1-21(13-29-14-21)26-6-4-25(5-7-26)20-9-19-15(8-18(20)22)10-24-28(19)17-11-23-27(12-17)16-2-3-16/h8-12,16H,2-7,13-14H2,1H3. The van der Waals surface area contributed by atoms with Crippen LogP contribution in [0.25, 0.3) is 16.6 Å². The largest absolute Gasteiger partial charge is 0.377 e. The van der Waals surface area contributed by atoms with Crippen molar-refractivity contribution in [1.29, 1.82) is 0 Å². The fraction of sp³-hybridized carbons (Fsp3) is 0.524. The quantitative estimate of drug-likeness (QED) is 0.659. The van der Waals surface area contributed by atoms with E-state index in [2.05, 4.69) is 43.9 Å². The summed E-state index contributed by atoms with van der Waals surface area (Å²) in [6.07, 6.45) is 8.32. The highest BCUT2D eigenvalue weighted by molar-refractivity contribution is 6.34. The molecule has 152 valence electrons. The van der Waals surface area contributed by atoms with E-state index in [1.54, 1.807) is 0 Å². The van der Waals surface area contributed by atoms with Gasteiger partial charge in [0, 0.05) is 31.6 Å². The second kappa shape index (κ2) is 6.45. The van der Waals surface area contributed by atoms with E-state index >= 15 is 0 Å². The minimum atomic E-state index is 0.209. The molecule has 0 unspecified atom stereocenters. The normalized spacial score (nSPS) is 22.2. The van der Waals surface area contributed by atoms with Crippen LogP contribution in [-0.2, 0) is 4.74 Å². The predicted octanol–water partition coefficient (Wildman–Crippen LogP) is 3.12. The Morgan fingerprint density at radius 3 is 2.55 bits per heavy atom. The Hall–Kier alpha value is -2.09. The Bertz CT molecular complexity index is 1060. The summed E-state index contributed by atoms with van der Waals surface area (Å²) in [5.41, 5.74) is 3.37. The first-order valence-electron chi connectivity index (χ1n) is 10.4. The van der Waals surface area contributed by atoms with E-state index < -0.39 is 0 Å². The molecule has 2 saturated heterocycles. The summed E-state index contributed by atoms with van der Waals surface area (Å²) in [4.78, 5) is 4.95. The predicted molar refractivity (Wildman–Crippen MR) is 113 cm³/mol. The third kappa shape index (κ3) is 2.95. The first kappa shape index (κ1) is 17.7. The van der Waals surface area contributed by atoms with Crippen molar-refractivity contribution in [1.82, 2.24) is 24.5 Å². The van der Waals surface area contributed by atoms with Gasteiger partial charge in [0.2, 0.25) is 0 Å². The van der Waals surface area contributed by atoms with Gasteiger partial charge in [-0.15, -0.1) is 0 Å². The Labute approximate surface area is 174 Å². The zero-order chi connectivity index (χ0) is 19.6. The molecule has 0 spiro atoms. The van der Waals surface area contributed by atoms with E-state index in [9.17, 15) is 0 Å². The van der Waals surface area contributed by atoms with Crippen molar-refractivity contribution in [3.8, 4) is 5.69 Å². The molecule has 1 aromatic carbocycles. The number of ether oxygens (including phenoxy) is 1. The number of benzene rings is 1. The molecule has 1 saturated carbocycles. The van der Waals surface area contributed by atoms with E-state index in [4.69, 9.17) is 16.3 Å². The zero-order valence-electron chi connectivity index (χ0n) is 16.6. The van der Waals surface area contributed by atoms with Crippen LogP contribution in [0.4, 0.5) is 5.69 Å². The van der Waals surface area contributed by atoms with E-state index in [0.29, 0.717) is 6.04 Å². The topological polar surface area (TPSA) is 51.3 Å². The lowest BCUT2D eigenvalue weighted by atomic mass is 9.97. The highest BCUT2D eigenvalue weighted by atomic mass is 35.5. The van der Waals surface area contributed by atoms with Crippen molar-refractivity contribution in [3.05, 3.63) is 35.7 Å². The van der Waals surface area contributed by atoms with Gasteiger partial charge in [-0.2, -0.15) is 10.2 Å². The summed E-state index contributed by atoms with van der Waals surface area (Å²) in [7, 11) is 0. The molecule has 2 aliphatic heterocycles. The van der Waals surface area contributed by atoms with E-state index in [1.807, 2.05) is 23.1 Å². The second-order valence-electron chi connectivity index (χ2n) is 8.79. The number of hydrogen-bond donors (Lipinski definition) is 0.